The van der Waals surface area contributed by atoms with Crippen LogP contribution in [0.2, 0.25) is 0 Å². The van der Waals surface area contributed by atoms with E-state index in [2.05, 4.69) is 10.6 Å². The zero-order chi connectivity index (χ0) is 20.3. The molecule has 1 aliphatic rings. The van der Waals surface area contributed by atoms with Gasteiger partial charge in [-0.15, -0.1) is 0 Å². The molecule has 0 fully saturated rings. The Morgan fingerprint density at radius 3 is 2.50 bits per heavy atom. The Kier molecular flexibility index (Phi) is 5.75. The zero-order valence-corrected chi connectivity index (χ0v) is 15.9. The van der Waals surface area contributed by atoms with Crippen LogP contribution in [0.25, 0.3) is 0 Å². The highest BCUT2D eigenvalue weighted by molar-refractivity contribution is 6.17. The van der Waals surface area contributed by atoms with Crippen molar-refractivity contribution in [2.24, 2.45) is 11.7 Å². The third kappa shape index (κ3) is 3.75. The number of nitrogens with two attached hydrogens (primary N) is 1. The van der Waals surface area contributed by atoms with Crippen molar-refractivity contribution in [3.8, 4) is 0 Å². The highest BCUT2D eigenvalue weighted by atomic mass is 16.2. The molecule has 28 heavy (non-hydrogen) atoms. The number of anilines is 2. The minimum Gasteiger partial charge on any atom is -0.351 e. The lowest BCUT2D eigenvalue weighted by Gasteiger charge is -2.38. The maximum absolute atomic E-state index is 13.2. The molecule has 1 unspecified atom stereocenters. The van der Waals surface area contributed by atoms with Gasteiger partial charge in [0.25, 0.3) is 11.8 Å². The summed E-state index contributed by atoms with van der Waals surface area (Å²) in [7, 11) is 0. The van der Waals surface area contributed by atoms with E-state index in [0.29, 0.717) is 35.6 Å². The SMILES string of the molecule is CC(C)C1C(=O)Nc2cc(C(=O)NCCN)ccc2N1C(=O)c1ccccc1. The van der Waals surface area contributed by atoms with Crippen LogP contribution in [0.3, 0.4) is 0 Å². The van der Waals surface area contributed by atoms with E-state index < -0.39 is 6.04 Å². The second-order valence-electron chi connectivity index (χ2n) is 7.00. The molecule has 0 spiro atoms. The number of hydrogen-bond donors (Lipinski definition) is 3. The summed E-state index contributed by atoms with van der Waals surface area (Å²) >= 11 is 0. The second-order valence-corrected chi connectivity index (χ2v) is 7.00. The summed E-state index contributed by atoms with van der Waals surface area (Å²) in [6.45, 7) is 4.49. The molecule has 4 N–H and O–H groups in total. The van der Waals surface area contributed by atoms with E-state index in [9.17, 15) is 14.4 Å². The fourth-order valence-corrected chi connectivity index (χ4v) is 3.31. The molecule has 0 bridgehead atoms. The van der Waals surface area contributed by atoms with Gasteiger partial charge in [-0.05, 0) is 36.2 Å². The number of carbonyl (C=O) groups excluding carboxylic acids is 3. The van der Waals surface area contributed by atoms with E-state index in [1.807, 2.05) is 19.9 Å². The quantitative estimate of drug-likeness (QED) is 0.738. The normalized spacial score (nSPS) is 15.8. The number of fused-ring (bicyclic) bond motifs is 1. The Morgan fingerprint density at radius 2 is 1.86 bits per heavy atom. The summed E-state index contributed by atoms with van der Waals surface area (Å²) in [5.74, 6) is -0.898. The van der Waals surface area contributed by atoms with Crippen molar-refractivity contribution in [1.82, 2.24) is 5.32 Å². The van der Waals surface area contributed by atoms with E-state index in [1.54, 1.807) is 42.5 Å². The van der Waals surface area contributed by atoms with Gasteiger partial charge in [0.15, 0.2) is 0 Å². The molecule has 1 atom stereocenters. The molecule has 0 aromatic heterocycles. The van der Waals surface area contributed by atoms with Gasteiger partial charge in [0.05, 0.1) is 11.4 Å². The number of rotatable bonds is 5. The monoisotopic (exact) mass is 380 g/mol. The number of hydrogen-bond acceptors (Lipinski definition) is 4. The molecule has 2 aromatic carbocycles. The number of nitrogens with one attached hydrogen (secondary N) is 2. The largest absolute Gasteiger partial charge is 0.351 e. The smallest absolute Gasteiger partial charge is 0.259 e. The Labute approximate surface area is 163 Å². The summed E-state index contributed by atoms with van der Waals surface area (Å²) in [5, 5.41) is 5.54. The van der Waals surface area contributed by atoms with Crippen molar-refractivity contribution in [2.75, 3.05) is 23.3 Å². The molecule has 7 nitrogen and oxygen atoms in total. The highest BCUT2D eigenvalue weighted by Gasteiger charge is 2.39. The van der Waals surface area contributed by atoms with Crippen LogP contribution in [0, 0.1) is 5.92 Å². The van der Waals surface area contributed by atoms with Crippen molar-refractivity contribution in [3.63, 3.8) is 0 Å². The maximum Gasteiger partial charge on any atom is 0.259 e. The van der Waals surface area contributed by atoms with E-state index >= 15 is 0 Å². The average Bonchev–Trinajstić information content (AvgIpc) is 2.70. The third-order valence-electron chi connectivity index (χ3n) is 4.62. The molecule has 7 heteroatoms. The molecule has 146 valence electrons. The lowest BCUT2D eigenvalue weighted by Crippen LogP contribution is -2.53. The van der Waals surface area contributed by atoms with E-state index in [1.165, 1.54) is 4.90 Å². The molecule has 1 aliphatic heterocycles. The fourth-order valence-electron chi connectivity index (χ4n) is 3.31. The van der Waals surface area contributed by atoms with E-state index in [4.69, 9.17) is 5.73 Å². The molecule has 2 aromatic rings. The first-order valence-corrected chi connectivity index (χ1v) is 9.26. The standard InChI is InChI=1S/C21H24N4O3/c1-13(2)18-20(27)24-16-12-15(19(26)23-11-10-22)8-9-17(16)25(18)21(28)14-6-4-3-5-7-14/h3-9,12-13,18H,10-11,22H2,1-2H3,(H,23,26)(H,24,27). The van der Waals surface area contributed by atoms with Gasteiger partial charge in [-0.25, -0.2) is 0 Å². The maximum atomic E-state index is 13.2. The van der Waals surface area contributed by atoms with E-state index in [-0.39, 0.29) is 23.6 Å². The molecule has 1 heterocycles. The molecule has 3 amide bonds. The van der Waals surface area contributed by atoms with Crippen molar-refractivity contribution in [3.05, 3.63) is 59.7 Å². The van der Waals surface area contributed by atoms with Crippen LogP contribution in [0.5, 0.6) is 0 Å². The van der Waals surface area contributed by atoms with Crippen LogP contribution in [-0.4, -0.2) is 36.9 Å². The Hall–Kier alpha value is -3.19. The molecular weight excluding hydrogens is 356 g/mol. The molecule has 0 radical (unpaired) electrons. The number of carbonyl (C=O) groups is 3. The average molecular weight is 380 g/mol. The number of benzene rings is 2. The molecular formula is C21H24N4O3. The van der Waals surface area contributed by atoms with Gasteiger partial charge < -0.3 is 16.4 Å². The number of amides is 3. The third-order valence-corrected chi connectivity index (χ3v) is 4.62. The minimum atomic E-state index is -0.642. The first-order valence-electron chi connectivity index (χ1n) is 9.26. The number of nitrogens with zero attached hydrogens (tertiary/aromatic N) is 1. The van der Waals surface area contributed by atoms with Gasteiger partial charge in [0.2, 0.25) is 5.91 Å². The summed E-state index contributed by atoms with van der Waals surface area (Å²) in [5.41, 5.74) is 7.32. The van der Waals surface area contributed by atoms with Crippen LogP contribution in [0.1, 0.15) is 34.6 Å². The summed E-state index contributed by atoms with van der Waals surface area (Å²) < 4.78 is 0. The van der Waals surface area contributed by atoms with Gasteiger partial charge >= 0.3 is 0 Å². The van der Waals surface area contributed by atoms with Crippen LogP contribution < -0.4 is 21.3 Å². The van der Waals surface area contributed by atoms with Crippen LogP contribution in [0.4, 0.5) is 11.4 Å². The Bertz CT molecular complexity index is 896. The van der Waals surface area contributed by atoms with Gasteiger partial charge in [-0.2, -0.15) is 0 Å². The second kappa shape index (κ2) is 8.22. The summed E-state index contributed by atoms with van der Waals surface area (Å²) in [6, 6.07) is 13.1. The highest BCUT2D eigenvalue weighted by Crippen LogP contribution is 2.36. The van der Waals surface area contributed by atoms with Crippen LogP contribution in [0.15, 0.2) is 48.5 Å². The lowest BCUT2D eigenvalue weighted by molar-refractivity contribution is -0.118. The van der Waals surface area contributed by atoms with Crippen molar-refractivity contribution < 1.29 is 14.4 Å². The van der Waals surface area contributed by atoms with Crippen LogP contribution in [-0.2, 0) is 4.79 Å². The van der Waals surface area contributed by atoms with Crippen LogP contribution >= 0.6 is 0 Å². The van der Waals surface area contributed by atoms with E-state index in [0.717, 1.165) is 0 Å². The Morgan fingerprint density at radius 1 is 1.14 bits per heavy atom. The van der Waals surface area contributed by atoms with Crippen molar-refractivity contribution >= 4 is 29.1 Å². The molecule has 0 aliphatic carbocycles. The molecule has 0 saturated heterocycles. The van der Waals surface area contributed by atoms with Gasteiger partial charge in [-0.1, -0.05) is 32.0 Å². The topological polar surface area (TPSA) is 105 Å². The fraction of sp³-hybridized carbons (Fsp3) is 0.286. The molecule has 3 rings (SSSR count). The van der Waals surface area contributed by atoms with Gasteiger partial charge in [0, 0.05) is 24.2 Å². The van der Waals surface area contributed by atoms with Gasteiger partial charge in [0.1, 0.15) is 6.04 Å². The lowest BCUT2D eigenvalue weighted by atomic mass is 9.95. The predicted octanol–water partition coefficient (Wildman–Crippen LogP) is 2.00. The van der Waals surface area contributed by atoms with Gasteiger partial charge in [-0.3, -0.25) is 19.3 Å². The first-order chi connectivity index (χ1) is 13.4. The van der Waals surface area contributed by atoms with Crippen molar-refractivity contribution in [1.29, 1.82) is 0 Å². The zero-order valence-electron chi connectivity index (χ0n) is 15.9. The molecule has 0 saturated carbocycles. The summed E-state index contributed by atoms with van der Waals surface area (Å²) in [6.07, 6.45) is 0. The predicted molar refractivity (Wildman–Crippen MR) is 108 cm³/mol. The first kappa shape index (κ1) is 19.6. The summed E-state index contributed by atoms with van der Waals surface area (Å²) in [4.78, 5) is 39.8. The minimum absolute atomic E-state index is 0.0895. The Balaban J connectivity index is 2.03. The van der Waals surface area contributed by atoms with Crippen molar-refractivity contribution in [2.45, 2.75) is 19.9 Å².